The van der Waals surface area contributed by atoms with E-state index in [1.807, 2.05) is 0 Å². The number of halogens is 8. The van der Waals surface area contributed by atoms with Gasteiger partial charge < -0.3 is 9.47 Å². The van der Waals surface area contributed by atoms with Crippen LogP contribution in [0.4, 0.5) is 35.1 Å². The molecule has 0 unspecified atom stereocenters. The van der Waals surface area contributed by atoms with Crippen molar-refractivity contribution in [3.8, 4) is 33.8 Å². The highest BCUT2D eigenvalue weighted by atomic mass is 19.3. The van der Waals surface area contributed by atoms with Gasteiger partial charge in [0.1, 0.15) is 17.3 Å². The molecule has 0 bridgehead atoms. The van der Waals surface area contributed by atoms with Crippen LogP contribution >= 0.6 is 0 Å². The lowest BCUT2D eigenvalue weighted by atomic mass is 9.79. The van der Waals surface area contributed by atoms with Crippen LogP contribution in [0.1, 0.15) is 44.1 Å². The first-order valence-corrected chi connectivity index (χ1v) is 13.6. The molecule has 0 radical (unpaired) electrons. The third-order valence-electron chi connectivity index (χ3n) is 7.64. The summed E-state index contributed by atoms with van der Waals surface area (Å²) in [5, 5.41) is 0. The highest BCUT2D eigenvalue weighted by molar-refractivity contribution is 5.66. The number of hydrogen-bond acceptors (Lipinski definition) is 2. The van der Waals surface area contributed by atoms with Crippen LogP contribution in [0.25, 0.3) is 22.3 Å². The normalized spacial score (nSPS) is 17.1. The van der Waals surface area contributed by atoms with Crippen molar-refractivity contribution in [3.63, 3.8) is 0 Å². The Morgan fingerprint density at radius 2 is 1.23 bits per heavy atom. The van der Waals surface area contributed by atoms with Gasteiger partial charge in [-0.3, -0.25) is 0 Å². The first-order chi connectivity index (χ1) is 20.4. The van der Waals surface area contributed by atoms with E-state index in [1.165, 1.54) is 30.3 Å². The van der Waals surface area contributed by atoms with E-state index in [0.717, 1.165) is 37.8 Å². The smallest absolute Gasteiger partial charge is 0.432 e. The molecule has 226 valence electrons. The second-order valence-electron chi connectivity index (χ2n) is 10.7. The van der Waals surface area contributed by atoms with Crippen molar-refractivity contribution in [2.24, 2.45) is 5.92 Å². The van der Waals surface area contributed by atoms with Crippen LogP contribution in [-0.4, -0.2) is 12.7 Å². The Morgan fingerprint density at radius 1 is 0.628 bits per heavy atom. The summed E-state index contributed by atoms with van der Waals surface area (Å²) in [6.45, 7) is 0.868. The molecule has 0 heterocycles. The van der Waals surface area contributed by atoms with E-state index in [2.05, 4.69) is 11.7 Å². The van der Waals surface area contributed by atoms with Gasteiger partial charge in [0.2, 0.25) is 0 Å². The van der Waals surface area contributed by atoms with E-state index in [4.69, 9.17) is 4.74 Å². The summed E-state index contributed by atoms with van der Waals surface area (Å²) in [5.41, 5.74) is 0.0215. The average molecular weight is 607 g/mol. The van der Waals surface area contributed by atoms with Gasteiger partial charge in [-0.25, -0.2) is 26.3 Å². The van der Waals surface area contributed by atoms with Gasteiger partial charge in [-0.15, -0.1) is 0 Å². The molecule has 0 aromatic heterocycles. The Hall–Kier alpha value is -4.08. The molecule has 10 heteroatoms. The van der Waals surface area contributed by atoms with Crippen molar-refractivity contribution in [3.05, 3.63) is 107 Å². The largest absolute Gasteiger partial charge is 0.483 e. The maximum Gasteiger partial charge on any atom is 0.432 e. The quantitative estimate of drug-likeness (QED) is 0.147. The Labute approximate surface area is 242 Å². The van der Waals surface area contributed by atoms with Crippen molar-refractivity contribution >= 4 is 0 Å². The highest BCUT2D eigenvalue weighted by Crippen LogP contribution is 2.39. The maximum absolute atomic E-state index is 15.0. The summed E-state index contributed by atoms with van der Waals surface area (Å²) in [5.74, 6) is -7.86. The Bertz CT molecular complexity index is 1590. The molecule has 43 heavy (non-hydrogen) atoms. The van der Waals surface area contributed by atoms with Crippen LogP contribution in [-0.2, 0) is 0 Å². The van der Waals surface area contributed by atoms with Crippen molar-refractivity contribution in [2.45, 2.75) is 44.6 Å². The number of hydrogen-bond donors (Lipinski definition) is 0. The van der Waals surface area contributed by atoms with Crippen molar-refractivity contribution < 1.29 is 44.6 Å². The average Bonchev–Trinajstić information content (AvgIpc) is 2.97. The number of rotatable bonds is 8. The van der Waals surface area contributed by atoms with Crippen LogP contribution in [0, 0.1) is 40.8 Å². The Kier molecular flexibility index (Phi) is 8.66. The van der Waals surface area contributed by atoms with Gasteiger partial charge in [-0.2, -0.15) is 8.78 Å². The third-order valence-corrected chi connectivity index (χ3v) is 7.64. The summed E-state index contributed by atoms with van der Waals surface area (Å²) in [6, 6.07) is 12.2. The third kappa shape index (κ3) is 6.78. The van der Waals surface area contributed by atoms with Gasteiger partial charge >= 0.3 is 6.11 Å². The van der Waals surface area contributed by atoms with Gasteiger partial charge in [0.25, 0.3) is 0 Å². The second-order valence-corrected chi connectivity index (χ2v) is 10.7. The van der Waals surface area contributed by atoms with E-state index in [0.29, 0.717) is 35.2 Å². The lowest BCUT2D eigenvalue weighted by molar-refractivity contribution is -0.195. The lowest BCUT2D eigenvalue weighted by Gasteiger charge is -2.27. The molecule has 0 atom stereocenters. The maximum atomic E-state index is 15.0. The van der Waals surface area contributed by atoms with Gasteiger partial charge in [0.15, 0.2) is 35.7 Å². The molecule has 1 aliphatic rings. The SMILES string of the molecule is CC1CCC(c2ccc(-c3ccc(OCC(F)(F)Oc4ccc(-c5cc(F)c(F)c(F)c5)c(F)c4)cc3)c(F)c2F)CC1. The summed E-state index contributed by atoms with van der Waals surface area (Å²) < 4.78 is 123. The minimum absolute atomic E-state index is 0.0113. The van der Waals surface area contributed by atoms with Crippen LogP contribution in [0.15, 0.2) is 66.7 Å². The standard InChI is InChI=1S/C33H26F8O2/c1-18-2-4-19(5-3-18)25-12-13-26(31(38)30(25)37)20-6-8-22(9-7-20)42-17-33(40,41)43-23-10-11-24(27(34)16-23)21-14-28(35)32(39)29(36)15-21/h6-16,18-19H,2-5,17H2,1H3. The zero-order valence-electron chi connectivity index (χ0n) is 22.9. The van der Waals surface area contributed by atoms with Crippen LogP contribution in [0.2, 0.25) is 0 Å². The fourth-order valence-electron chi connectivity index (χ4n) is 5.28. The van der Waals surface area contributed by atoms with Gasteiger partial charge in [-0.1, -0.05) is 44.0 Å². The number of ether oxygens (including phenoxy) is 2. The van der Waals surface area contributed by atoms with E-state index in [1.54, 1.807) is 6.07 Å². The monoisotopic (exact) mass is 606 g/mol. The summed E-state index contributed by atoms with van der Waals surface area (Å²) in [4.78, 5) is 0. The van der Waals surface area contributed by atoms with Crippen molar-refractivity contribution in [2.75, 3.05) is 6.61 Å². The molecule has 0 spiro atoms. The minimum Gasteiger partial charge on any atom is -0.483 e. The number of benzene rings is 4. The molecule has 2 nitrogen and oxygen atoms in total. The molecule has 0 N–H and O–H groups in total. The van der Waals surface area contributed by atoms with E-state index >= 15 is 0 Å². The molecular weight excluding hydrogens is 580 g/mol. The van der Waals surface area contributed by atoms with Gasteiger partial charge in [-0.05, 0) is 77.8 Å². The first-order valence-electron chi connectivity index (χ1n) is 13.6. The molecule has 4 aromatic carbocycles. The van der Waals surface area contributed by atoms with E-state index < -0.39 is 53.4 Å². The number of alkyl halides is 2. The van der Waals surface area contributed by atoms with Crippen LogP contribution in [0.5, 0.6) is 11.5 Å². The van der Waals surface area contributed by atoms with Gasteiger partial charge in [0, 0.05) is 17.2 Å². The van der Waals surface area contributed by atoms with E-state index in [9.17, 15) is 35.1 Å². The predicted octanol–water partition coefficient (Wildman–Crippen LogP) is 10.2. The Balaban J connectivity index is 1.22. The summed E-state index contributed by atoms with van der Waals surface area (Å²) in [6.07, 6.45) is -0.400. The highest BCUT2D eigenvalue weighted by Gasteiger charge is 2.33. The molecule has 0 saturated heterocycles. The fraction of sp³-hybridized carbons (Fsp3) is 0.273. The van der Waals surface area contributed by atoms with Crippen molar-refractivity contribution in [1.29, 1.82) is 0 Å². The molecule has 1 saturated carbocycles. The van der Waals surface area contributed by atoms with E-state index in [-0.39, 0.29) is 28.4 Å². The zero-order chi connectivity index (χ0) is 30.9. The Morgan fingerprint density at radius 3 is 1.86 bits per heavy atom. The molecule has 4 aromatic rings. The lowest BCUT2D eigenvalue weighted by Crippen LogP contribution is -2.32. The molecular formula is C33H26F8O2. The topological polar surface area (TPSA) is 18.5 Å². The molecule has 1 fully saturated rings. The van der Waals surface area contributed by atoms with Crippen LogP contribution < -0.4 is 9.47 Å². The molecule has 1 aliphatic carbocycles. The molecule has 0 aliphatic heterocycles. The molecule has 0 amide bonds. The molecule has 5 rings (SSSR count). The van der Waals surface area contributed by atoms with Crippen molar-refractivity contribution in [1.82, 2.24) is 0 Å². The zero-order valence-corrected chi connectivity index (χ0v) is 22.9. The summed E-state index contributed by atoms with van der Waals surface area (Å²) >= 11 is 0. The summed E-state index contributed by atoms with van der Waals surface area (Å²) in [7, 11) is 0. The predicted molar refractivity (Wildman–Crippen MR) is 145 cm³/mol. The fourth-order valence-corrected chi connectivity index (χ4v) is 5.28. The van der Waals surface area contributed by atoms with Crippen LogP contribution in [0.3, 0.4) is 0 Å². The first kappa shape index (κ1) is 30.4. The van der Waals surface area contributed by atoms with Gasteiger partial charge in [0.05, 0.1) is 0 Å². The second kappa shape index (κ2) is 12.3. The minimum atomic E-state index is -3.93.